The molecule has 1 atom stereocenters. The third-order valence-electron chi connectivity index (χ3n) is 2.78. The highest BCUT2D eigenvalue weighted by Gasteiger charge is 2.30. The fraction of sp³-hybridized carbons (Fsp3) is 0.909. The zero-order valence-electron chi connectivity index (χ0n) is 10.8. The van der Waals surface area contributed by atoms with Crippen molar-refractivity contribution in [1.82, 2.24) is 4.90 Å². The molecule has 0 bridgehead atoms. The van der Waals surface area contributed by atoms with Gasteiger partial charge in [0, 0.05) is 26.7 Å². The summed E-state index contributed by atoms with van der Waals surface area (Å²) in [6.07, 6.45) is 0.168. The summed E-state index contributed by atoms with van der Waals surface area (Å²) in [4.78, 5) is 13.8. The summed E-state index contributed by atoms with van der Waals surface area (Å²) in [5, 5.41) is 0. The van der Waals surface area contributed by atoms with E-state index in [0.717, 1.165) is 0 Å². The predicted molar refractivity (Wildman–Crippen MR) is 68.3 cm³/mol. The highest BCUT2D eigenvalue weighted by molar-refractivity contribution is 5.85. The number of nitrogens with zero attached hydrogens (tertiary/aromatic N) is 1. The molecule has 6 heteroatoms. The number of ether oxygens (including phenoxy) is 2. The van der Waals surface area contributed by atoms with Crippen LogP contribution in [-0.4, -0.2) is 55.9 Å². The second-order valence-electron chi connectivity index (χ2n) is 4.72. The monoisotopic (exact) mass is 266 g/mol. The maximum absolute atomic E-state index is 11.9. The molecule has 2 N–H and O–H groups in total. The van der Waals surface area contributed by atoms with Crippen molar-refractivity contribution < 1.29 is 14.3 Å². The van der Waals surface area contributed by atoms with Crippen molar-refractivity contribution in [2.45, 2.75) is 32.0 Å². The number of amides is 1. The van der Waals surface area contributed by atoms with E-state index >= 15 is 0 Å². The number of hydrogen-bond donors (Lipinski definition) is 1. The van der Waals surface area contributed by atoms with E-state index in [1.807, 2.05) is 18.7 Å². The molecule has 0 aromatic carbocycles. The van der Waals surface area contributed by atoms with E-state index in [-0.39, 0.29) is 30.0 Å². The first-order valence-corrected chi connectivity index (χ1v) is 5.63. The lowest BCUT2D eigenvalue weighted by atomic mass is 10.1. The van der Waals surface area contributed by atoms with Crippen LogP contribution in [0.15, 0.2) is 0 Å². The van der Waals surface area contributed by atoms with E-state index in [1.165, 1.54) is 0 Å². The Kier molecular flexibility index (Phi) is 7.01. The van der Waals surface area contributed by atoms with Gasteiger partial charge in [0.2, 0.25) is 5.91 Å². The molecule has 1 fully saturated rings. The van der Waals surface area contributed by atoms with E-state index in [4.69, 9.17) is 15.2 Å². The smallest absolute Gasteiger partial charge is 0.225 e. The van der Waals surface area contributed by atoms with Gasteiger partial charge < -0.3 is 20.1 Å². The zero-order chi connectivity index (χ0) is 12.2. The summed E-state index contributed by atoms with van der Waals surface area (Å²) in [5.74, 6) is 0.0914. The summed E-state index contributed by atoms with van der Waals surface area (Å²) in [5.41, 5.74) is 5.24. The van der Waals surface area contributed by atoms with Gasteiger partial charge in [-0.2, -0.15) is 0 Å². The van der Waals surface area contributed by atoms with Gasteiger partial charge in [0.05, 0.1) is 24.7 Å². The average Bonchev–Trinajstić information content (AvgIpc) is 2.24. The molecule has 0 aromatic heterocycles. The van der Waals surface area contributed by atoms with Crippen LogP contribution in [-0.2, 0) is 14.3 Å². The first kappa shape index (κ1) is 16.6. The van der Waals surface area contributed by atoms with Crippen LogP contribution in [0.1, 0.15) is 20.3 Å². The normalized spacial score (nSPS) is 20.6. The number of carbonyl (C=O) groups is 1. The van der Waals surface area contributed by atoms with Gasteiger partial charge >= 0.3 is 0 Å². The Morgan fingerprint density at radius 1 is 1.59 bits per heavy atom. The largest absolute Gasteiger partial charge is 0.380 e. The minimum atomic E-state index is -0.251. The molecule has 1 amide bonds. The van der Waals surface area contributed by atoms with Gasteiger partial charge in [-0.05, 0) is 13.8 Å². The fourth-order valence-electron chi connectivity index (χ4n) is 1.82. The number of morpholine rings is 1. The van der Waals surface area contributed by atoms with Crippen molar-refractivity contribution in [2.75, 3.05) is 33.4 Å². The van der Waals surface area contributed by atoms with Crippen molar-refractivity contribution in [3.8, 4) is 0 Å². The Morgan fingerprint density at radius 2 is 2.24 bits per heavy atom. The lowest BCUT2D eigenvalue weighted by molar-refractivity contribution is -0.148. The molecule has 17 heavy (non-hydrogen) atoms. The molecule has 0 saturated carbocycles. The van der Waals surface area contributed by atoms with Gasteiger partial charge in [-0.15, -0.1) is 12.4 Å². The molecule has 1 heterocycles. The Morgan fingerprint density at radius 3 is 2.71 bits per heavy atom. The van der Waals surface area contributed by atoms with Gasteiger partial charge in [0.1, 0.15) is 0 Å². The van der Waals surface area contributed by atoms with Gasteiger partial charge in [0.25, 0.3) is 0 Å². The molecule has 1 saturated heterocycles. The van der Waals surface area contributed by atoms with Gasteiger partial charge in [0.15, 0.2) is 0 Å². The number of halogens is 1. The van der Waals surface area contributed by atoms with Crippen LogP contribution in [0.4, 0.5) is 0 Å². The van der Waals surface area contributed by atoms with Crippen LogP contribution in [0.3, 0.4) is 0 Å². The highest BCUT2D eigenvalue weighted by Crippen LogP contribution is 2.17. The molecule has 0 aromatic rings. The Bertz CT molecular complexity index is 245. The van der Waals surface area contributed by atoms with Crippen LogP contribution in [0, 0.1) is 0 Å². The molecule has 0 radical (unpaired) electrons. The molecule has 0 aliphatic carbocycles. The molecule has 1 rings (SSSR count). The lowest BCUT2D eigenvalue weighted by Gasteiger charge is -2.38. The van der Waals surface area contributed by atoms with E-state index in [2.05, 4.69) is 0 Å². The van der Waals surface area contributed by atoms with Gasteiger partial charge in [-0.3, -0.25) is 4.79 Å². The van der Waals surface area contributed by atoms with Crippen molar-refractivity contribution in [2.24, 2.45) is 5.73 Å². The maximum atomic E-state index is 11.9. The third kappa shape index (κ3) is 5.21. The summed E-state index contributed by atoms with van der Waals surface area (Å²) in [7, 11) is 1.58. The van der Waals surface area contributed by atoms with Crippen molar-refractivity contribution in [1.29, 1.82) is 0 Å². The molecule has 1 aliphatic rings. The Hall–Kier alpha value is -0.360. The summed E-state index contributed by atoms with van der Waals surface area (Å²) < 4.78 is 10.7. The first-order chi connectivity index (χ1) is 7.48. The topological polar surface area (TPSA) is 64.8 Å². The molecule has 0 spiro atoms. The number of hydrogen-bond acceptors (Lipinski definition) is 4. The minimum Gasteiger partial charge on any atom is -0.380 e. The van der Waals surface area contributed by atoms with E-state index in [0.29, 0.717) is 32.7 Å². The second kappa shape index (κ2) is 7.16. The van der Waals surface area contributed by atoms with Crippen LogP contribution < -0.4 is 5.73 Å². The lowest BCUT2D eigenvalue weighted by Crippen LogP contribution is -2.51. The number of nitrogens with two attached hydrogens (primary N) is 1. The molecule has 102 valence electrons. The van der Waals surface area contributed by atoms with E-state index in [1.54, 1.807) is 7.11 Å². The maximum Gasteiger partial charge on any atom is 0.225 e. The molecule has 1 aliphatic heterocycles. The van der Waals surface area contributed by atoms with E-state index < -0.39 is 0 Å². The minimum absolute atomic E-state index is 0. The number of methoxy groups -OCH3 is 1. The van der Waals surface area contributed by atoms with Crippen LogP contribution in [0.2, 0.25) is 0 Å². The van der Waals surface area contributed by atoms with Gasteiger partial charge in [-0.1, -0.05) is 0 Å². The van der Waals surface area contributed by atoms with Crippen molar-refractivity contribution in [3.63, 3.8) is 0 Å². The average molecular weight is 267 g/mol. The SMILES string of the molecule is COC(CN)CC(=O)N1CCOC(C)(C)C1.Cl. The first-order valence-electron chi connectivity index (χ1n) is 5.63. The summed E-state index contributed by atoms with van der Waals surface area (Å²) >= 11 is 0. The van der Waals surface area contributed by atoms with Crippen molar-refractivity contribution in [3.05, 3.63) is 0 Å². The van der Waals surface area contributed by atoms with Crippen LogP contribution in [0.25, 0.3) is 0 Å². The Labute approximate surface area is 109 Å². The van der Waals surface area contributed by atoms with E-state index in [9.17, 15) is 4.79 Å². The third-order valence-corrected chi connectivity index (χ3v) is 2.78. The highest BCUT2D eigenvalue weighted by atomic mass is 35.5. The molecular formula is C11H23ClN2O3. The van der Waals surface area contributed by atoms with Crippen molar-refractivity contribution >= 4 is 18.3 Å². The Balaban J connectivity index is 0.00000256. The number of rotatable bonds is 4. The number of carbonyl (C=O) groups excluding carboxylic acids is 1. The van der Waals surface area contributed by atoms with Crippen LogP contribution in [0.5, 0.6) is 0 Å². The zero-order valence-corrected chi connectivity index (χ0v) is 11.6. The predicted octanol–water partition coefficient (Wildman–Crippen LogP) is 0.409. The molecule has 5 nitrogen and oxygen atoms in total. The molecule has 1 unspecified atom stereocenters. The quantitative estimate of drug-likeness (QED) is 0.801. The fourth-order valence-corrected chi connectivity index (χ4v) is 1.82. The standard InChI is InChI=1S/C11H22N2O3.ClH/c1-11(2)8-13(4-5-16-11)10(14)6-9(7-12)15-3;/h9H,4-8,12H2,1-3H3;1H. The van der Waals surface area contributed by atoms with Gasteiger partial charge in [-0.25, -0.2) is 0 Å². The molecular weight excluding hydrogens is 244 g/mol. The summed E-state index contributed by atoms with van der Waals surface area (Å²) in [6.45, 7) is 6.23. The van der Waals surface area contributed by atoms with Crippen LogP contribution >= 0.6 is 12.4 Å². The summed E-state index contributed by atoms with van der Waals surface area (Å²) in [6, 6.07) is 0. The second-order valence-corrected chi connectivity index (χ2v) is 4.72.